The molecule has 1 aromatic carbocycles. The summed E-state index contributed by atoms with van der Waals surface area (Å²) in [5.41, 5.74) is 1.06. The van der Waals surface area contributed by atoms with E-state index in [1.165, 1.54) is 12.1 Å². The van der Waals surface area contributed by atoms with Gasteiger partial charge in [0.1, 0.15) is 5.82 Å². The van der Waals surface area contributed by atoms with Gasteiger partial charge in [-0.15, -0.1) is 6.42 Å². The Hall–Kier alpha value is -2.02. The molecule has 4 heteroatoms. The fraction of sp³-hybridized carbons (Fsp3) is 0.308. The van der Waals surface area contributed by atoms with Crippen molar-refractivity contribution in [2.45, 2.75) is 5.92 Å². The third kappa shape index (κ3) is 2.56. The van der Waals surface area contributed by atoms with Crippen LogP contribution < -0.4 is 5.32 Å². The molecule has 0 aliphatic carbocycles. The summed E-state index contributed by atoms with van der Waals surface area (Å²) in [5.74, 6) is 2.41. The average Bonchev–Trinajstić information content (AvgIpc) is 2.27. The van der Waals surface area contributed by atoms with E-state index < -0.39 is 0 Å². The van der Waals surface area contributed by atoms with Crippen LogP contribution in [0.2, 0.25) is 0 Å². The van der Waals surface area contributed by atoms with Crippen molar-refractivity contribution in [3.63, 3.8) is 0 Å². The van der Waals surface area contributed by atoms with E-state index in [2.05, 4.69) is 11.2 Å². The molecule has 0 radical (unpaired) electrons. The zero-order valence-electron chi connectivity index (χ0n) is 9.32. The largest absolute Gasteiger partial charge is 0.327 e. The average molecular weight is 232 g/mol. The number of carbonyl (C=O) groups is 1. The number of terminal acetylenes is 1. The Labute approximate surface area is 99.6 Å². The van der Waals surface area contributed by atoms with Gasteiger partial charge in [-0.3, -0.25) is 0 Å². The third-order valence-corrected chi connectivity index (χ3v) is 2.85. The van der Waals surface area contributed by atoms with Crippen LogP contribution in [0.25, 0.3) is 0 Å². The molecular weight excluding hydrogens is 219 g/mol. The van der Waals surface area contributed by atoms with Crippen LogP contribution in [0.5, 0.6) is 0 Å². The minimum Gasteiger partial charge on any atom is -0.327 e. The quantitative estimate of drug-likeness (QED) is 0.771. The highest BCUT2D eigenvalue weighted by Gasteiger charge is 2.31. The van der Waals surface area contributed by atoms with Gasteiger partial charge in [0.25, 0.3) is 0 Å². The first-order valence-corrected chi connectivity index (χ1v) is 5.42. The fourth-order valence-electron chi connectivity index (χ4n) is 1.83. The summed E-state index contributed by atoms with van der Waals surface area (Å²) in [5, 5.41) is 2.61. The predicted octanol–water partition coefficient (Wildman–Crippen LogP) is 1.57. The molecule has 1 heterocycles. The van der Waals surface area contributed by atoms with Gasteiger partial charge in [-0.2, -0.15) is 0 Å². The first kappa shape index (κ1) is 11.5. The lowest BCUT2D eigenvalue weighted by Gasteiger charge is -2.39. The van der Waals surface area contributed by atoms with Gasteiger partial charge in [-0.1, -0.05) is 18.1 Å². The first-order chi connectivity index (χ1) is 8.20. The summed E-state index contributed by atoms with van der Waals surface area (Å²) in [4.78, 5) is 13.2. The van der Waals surface area contributed by atoms with Gasteiger partial charge in [0.05, 0.1) is 6.54 Å². The highest BCUT2D eigenvalue weighted by molar-refractivity contribution is 5.75. The molecule has 0 unspecified atom stereocenters. The normalized spacial score (nSPS) is 14.9. The molecule has 1 aliphatic heterocycles. The van der Waals surface area contributed by atoms with E-state index in [-0.39, 0.29) is 18.4 Å². The van der Waals surface area contributed by atoms with Crippen LogP contribution in [0.4, 0.5) is 9.18 Å². The van der Waals surface area contributed by atoms with Gasteiger partial charge in [0.15, 0.2) is 0 Å². The van der Waals surface area contributed by atoms with Gasteiger partial charge in [0, 0.05) is 19.0 Å². The standard InChI is InChI=1S/C13H13FN2O/c1-2-7-15-13(17)16-8-11(9-16)10-3-5-12(14)6-4-10/h1,3-6,11H,7-9H2,(H,15,17). The maximum Gasteiger partial charge on any atom is 0.318 e. The Morgan fingerprint density at radius 1 is 1.47 bits per heavy atom. The Bertz CT molecular complexity index is 443. The molecule has 1 fully saturated rings. The van der Waals surface area contributed by atoms with Crippen molar-refractivity contribution in [3.05, 3.63) is 35.6 Å². The van der Waals surface area contributed by atoms with Crippen LogP contribution in [-0.2, 0) is 0 Å². The van der Waals surface area contributed by atoms with Gasteiger partial charge >= 0.3 is 6.03 Å². The number of urea groups is 1. The molecule has 0 bridgehead atoms. The van der Waals surface area contributed by atoms with Crippen LogP contribution in [0.3, 0.4) is 0 Å². The van der Waals surface area contributed by atoms with Crippen molar-refractivity contribution in [1.82, 2.24) is 10.2 Å². The molecular formula is C13H13FN2O. The predicted molar refractivity (Wildman–Crippen MR) is 62.9 cm³/mol. The van der Waals surface area contributed by atoms with Crippen molar-refractivity contribution in [1.29, 1.82) is 0 Å². The molecule has 1 saturated heterocycles. The van der Waals surface area contributed by atoms with Gasteiger partial charge in [0.2, 0.25) is 0 Å². The molecule has 0 aromatic heterocycles. The van der Waals surface area contributed by atoms with Crippen molar-refractivity contribution in [3.8, 4) is 12.3 Å². The number of hydrogen-bond donors (Lipinski definition) is 1. The van der Waals surface area contributed by atoms with Crippen LogP contribution in [0.1, 0.15) is 11.5 Å². The minimum absolute atomic E-state index is 0.138. The molecule has 0 saturated carbocycles. The van der Waals surface area contributed by atoms with Crippen LogP contribution >= 0.6 is 0 Å². The number of nitrogens with one attached hydrogen (secondary N) is 1. The molecule has 88 valence electrons. The number of benzene rings is 1. The van der Waals surface area contributed by atoms with E-state index in [4.69, 9.17) is 6.42 Å². The second kappa shape index (κ2) is 4.88. The van der Waals surface area contributed by atoms with E-state index in [1.807, 2.05) is 0 Å². The number of amides is 2. The lowest BCUT2D eigenvalue weighted by atomic mass is 9.92. The third-order valence-electron chi connectivity index (χ3n) is 2.85. The Morgan fingerprint density at radius 3 is 2.71 bits per heavy atom. The van der Waals surface area contributed by atoms with Crippen molar-refractivity contribution >= 4 is 6.03 Å². The summed E-state index contributed by atoms with van der Waals surface area (Å²) >= 11 is 0. The number of nitrogens with zero attached hydrogens (tertiary/aromatic N) is 1. The Kier molecular flexibility index (Phi) is 3.29. The summed E-state index contributed by atoms with van der Waals surface area (Å²) in [6.45, 7) is 1.56. The lowest BCUT2D eigenvalue weighted by molar-refractivity contribution is 0.152. The maximum absolute atomic E-state index is 12.7. The number of likely N-dealkylation sites (tertiary alicyclic amines) is 1. The zero-order chi connectivity index (χ0) is 12.3. The SMILES string of the molecule is C#CCNC(=O)N1CC(c2ccc(F)cc2)C1. The Morgan fingerprint density at radius 2 is 2.12 bits per heavy atom. The van der Waals surface area contributed by atoms with E-state index in [9.17, 15) is 9.18 Å². The number of hydrogen-bond acceptors (Lipinski definition) is 1. The molecule has 1 aliphatic rings. The summed E-state index contributed by atoms with van der Waals surface area (Å²) in [6.07, 6.45) is 5.05. The molecule has 17 heavy (non-hydrogen) atoms. The monoisotopic (exact) mass is 232 g/mol. The summed E-state index contributed by atoms with van der Waals surface area (Å²) in [7, 11) is 0. The van der Waals surface area contributed by atoms with Crippen molar-refractivity contribution in [2.24, 2.45) is 0 Å². The second-order valence-corrected chi connectivity index (χ2v) is 4.02. The fourth-order valence-corrected chi connectivity index (χ4v) is 1.83. The Balaban J connectivity index is 1.84. The molecule has 1 aromatic rings. The number of carbonyl (C=O) groups excluding carboxylic acids is 1. The van der Waals surface area contributed by atoms with Crippen molar-refractivity contribution < 1.29 is 9.18 Å². The second-order valence-electron chi connectivity index (χ2n) is 4.02. The van der Waals surface area contributed by atoms with E-state index >= 15 is 0 Å². The van der Waals surface area contributed by atoms with Crippen LogP contribution in [0.15, 0.2) is 24.3 Å². The summed E-state index contributed by atoms with van der Waals surface area (Å²) < 4.78 is 12.7. The van der Waals surface area contributed by atoms with Gasteiger partial charge in [-0.05, 0) is 17.7 Å². The molecule has 1 N–H and O–H groups in total. The molecule has 2 rings (SSSR count). The van der Waals surface area contributed by atoms with E-state index in [1.54, 1.807) is 17.0 Å². The van der Waals surface area contributed by atoms with Gasteiger partial charge < -0.3 is 10.2 Å². The molecule has 0 atom stereocenters. The molecule has 2 amide bonds. The topological polar surface area (TPSA) is 32.3 Å². The highest BCUT2D eigenvalue weighted by atomic mass is 19.1. The molecule has 0 spiro atoms. The zero-order valence-corrected chi connectivity index (χ0v) is 9.32. The minimum atomic E-state index is -0.239. The summed E-state index contributed by atoms with van der Waals surface area (Å²) in [6, 6.07) is 6.27. The first-order valence-electron chi connectivity index (χ1n) is 5.42. The maximum atomic E-state index is 12.7. The number of rotatable bonds is 2. The van der Waals surface area contributed by atoms with E-state index in [0.717, 1.165) is 5.56 Å². The molecule has 3 nitrogen and oxygen atoms in total. The smallest absolute Gasteiger partial charge is 0.318 e. The van der Waals surface area contributed by atoms with Crippen LogP contribution in [0, 0.1) is 18.2 Å². The number of halogens is 1. The highest BCUT2D eigenvalue weighted by Crippen LogP contribution is 2.26. The van der Waals surface area contributed by atoms with Gasteiger partial charge in [-0.25, -0.2) is 9.18 Å². The lowest BCUT2D eigenvalue weighted by Crippen LogP contribution is -2.52. The van der Waals surface area contributed by atoms with Crippen molar-refractivity contribution in [2.75, 3.05) is 19.6 Å². The van der Waals surface area contributed by atoms with Crippen LogP contribution in [-0.4, -0.2) is 30.6 Å². The van der Waals surface area contributed by atoms with E-state index in [0.29, 0.717) is 19.0 Å².